The second-order valence-electron chi connectivity index (χ2n) is 9.00. The van der Waals surface area contributed by atoms with Crippen LogP contribution >= 0.6 is 15.2 Å². The summed E-state index contributed by atoms with van der Waals surface area (Å²) in [6.45, 7) is -2.36. The van der Waals surface area contributed by atoms with E-state index in [9.17, 15) is 49.6 Å². The number of aliphatic hydroxyl groups is 6. The number of fused-ring (bicyclic) bond motifs is 1. The zero-order chi connectivity index (χ0) is 28.7. The summed E-state index contributed by atoms with van der Waals surface area (Å²) >= 11 is 0. The molecule has 2 aromatic rings. The molecule has 2 aromatic heterocycles. The Balaban J connectivity index is 1.33. The summed E-state index contributed by atoms with van der Waals surface area (Å²) < 4.78 is 46.5. The average Bonchev–Trinajstić information content (AvgIpc) is 3.42. The van der Waals surface area contributed by atoms with Crippen LogP contribution in [0.5, 0.6) is 0 Å². The van der Waals surface area contributed by atoms with Crippen molar-refractivity contribution in [3.8, 4) is 0 Å². The van der Waals surface area contributed by atoms with Gasteiger partial charge in [-0.15, -0.1) is 0 Å². The van der Waals surface area contributed by atoms with E-state index >= 15 is 0 Å². The molecule has 0 aromatic carbocycles. The first-order valence-electron chi connectivity index (χ1n) is 11.4. The Kier molecular flexibility index (Phi) is 9.07. The van der Waals surface area contributed by atoms with Crippen LogP contribution in [0.3, 0.4) is 0 Å². The number of anilines is 1. The summed E-state index contributed by atoms with van der Waals surface area (Å²) in [4.78, 5) is 32.0. The first-order valence-corrected chi connectivity index (χ1v) is 14.9. The molecular formula is C18H29N5O14P2. The number of imidazole rings is 1. The Morgan fingerprint density at radius 3 is 2.03 bits per heavy atom. The maximum atomic E-state index is 12.5. The van der Waals surface area contributed by atoms with Crippen molar-refractivity contribution in [3.05, 3.63) is 12.7 Å². The summed E-state index contributed by atoms with van der Waals surface area (Å²) in [7, 11) is -9.73. The minimum Gasteiger partial charge on any atom is -0.394 e. The second kappa shape index (κ2) is 11.7. The highest BCUT2D eigenvalue weighted by Gasteiger charge is 2.47. The third-order valence-electron chi connectivity index (χ3n) is 6.23. The Bertz CT molecular complexity index is 1250. The number of hydrogen-bond donors (Lipinski definition) is 9. The smallest absolute Gasteiger partial charge is 0.340 e. The van der Waals surface area contributed by atoms with E-state index in [4.69, 9.17) is 24.3 Å². The van der Waals surface area contributed by atoms with Crippen LogP contribution in [0.25, 0.3) is 11.2 Å². The van der Waals surface area contributed by atoms with Gasteiger partial charge in [-0.05, 0) is 0 Å². The zero-order valence-corrected chi connectivity index (χ0v) is 21.8. The van der Waals surface area contributed by atoms with Gasteiger partial charge in [0.2, 0.25) is 0 Å². The molecule has 0 bridgehead atoms. The molecule has 220 valence electrons. The Morgan fingerprint density at radius 1 is 0.846 bits per heavy atom. The number of nitrogens with zero attached hydrogens (tertiary/aromatic N) is 4. The molecule has 0 amide bonds. The molecule has 4 heterocycles. The van der Waals surface area contributed by atoms with E-state index in [2.05, 4.69) is 15.0 Å². The van der Waals surface area contributed by atoms with Gasteiger partial charge in [0.25, 0.3) is 0 Å². The monoisotopic (exact) mass is 601 g/mol. The lowest BCUT2D eigenvalue weighted by Crippen LogP contribution is -2.59. The SMILES string of the molecule is Nc1ncnc2c1ncn2[C@@H]1O[C@H](COP(=O)(O)CP(=O)(O)OC[C@@H]2OC(CO)[C@@H](O)C(O)C2O)C(O)C1O. The largest absolute Gasteiger partial charge is 0.394 e. The number of aliphatic hydroxyl groups excluding tert-OH is 6. The predicted molar refractivity (Wildman–Crippen MR) is 126 cm³/mol. The van der Waals surface area contributed by atoms with Crippen LogP contribution in [0.1, 0.15) is 6.23 Å². The third-order valence-corrected chi connectivity index (χ3v) is 10.2. The normalized spacial score (nSPS) is 36.6. The van der Waals surface area contributed by atoms with Crippen LogP contribution < -0.4 is 5.73 Å². The molecule has 2 aliphatic heterocycles. The van der Waals surface area contributed by atoms with Gasteiger partial charge in [0, 0.05) is 0 Å². The lowest BCUT2D eigenvalue weighted by atomic mass is 9.95. The van der Waals surface area contributed by atoms with Crippen molar-refractivity contribution >= 4 is 32.2 Å². The quantitative estimate of drug-likeness (QED) is 0.118. The summed E-state index contributed by atoms with van der Waals surface area (Å²) in [6, 6.07) is 0. The average molecular weight is 601 g/mol. The minimum absolute atomic E-state index is 0.0649. The Morgan fingerprint density at radius 2 is 1.41 bits per heavy atom. The minimum atomic E-state index is -4.87. The fourth-order valence-corrected chi connectivity index (χ4v) is 7.38. The molecule has 0 saturated carbocycles. The maximum Gasteiger partial charge on any atom is 0.340 e. The first-order chi connectivity index (χ1) is 18.2. The predicted octanol–water partition coefficient (Wildman–Crippen LogP) is -3.77. The molecule has 0 radical (unpaired) electrons. The van der Waals surface area contributed by atoms with Gasteiger partial charge in [0.15, 0.2) is 23.6 Å². The van der Waals surface area contributed by atoms with Gasteiger partial charge in [0.1, 0.15) is 60.7 Å². The number of nitrogen functional groups attached to an aromatic ring is 1. The van der Waals surface area contributed by atoms with E-state index in [0.717, 1.165) is 6.33 Å². The van der Waals surface area contributed by atoms with Crippen LogP contribution in [-0.2, 0) is 27.7 Å². The Hall–Kier alpha value is -1.67. The highest BCUT2D eigenvalue weighted by Crippen LogP contribution is 2.58. The molecule has 39 heavy (non-hydrogen) atoms. The van der Waals surface area contributed by atoms with Crippen molar-refractivity contribution in [3.63, 3.8) is 0 Å². The van der Waals surface area contributed by atoms with Gasteiger partial charge >= 0.3 is 15.2 Å². The third kappa shape index (κ3) is 6.47. The molecule has 19 nitrogen and oxygen atoms in total. The van der Waals surface area contributed by atoms with Crippen LogP contribution in [0, 0.1) is 0 Å². The topological polar surface area (TPSA) is 303 Å². The standard InChI is InChI=1S/C18H29N5O14P2/c19-16-10-17(21-4-20-16)23(5-22-10)18-15(29)13(27)9(37-18)3-35-39(32,33)6-38(30,31)34-2-8-12(26)14(28)11(25)7(1-24)36-8/h4-5,7-9,11-15,18,24-29H,1-3,6H2,(H,30,31)(H,32,33)(H2,19,20,21)/t7?,8-,9+,11+,12?,13?,14?,15?,18+/m0/s1. The number of aromatic nitrogens is 4. The van der Waals surface area contributed by atoms with E-state index in [1.165, 1.54) is 10.9 Å². The number of nitrogens with two attached hydrogens (primary N) is 1. The lowest BCUT2D eigenvalue weighted by Gasteiger charge is -2.40. The fraction of sp³-hybridized carbons (Fsp3) is 0.722. The first kappa shape index (κ1) is 30.3. The van der Waals surface area contributed by atoms with Crippen molar-refractivity contribution < 1.29 is 68.1 Å². The van der Waals surface area contributed by atoms with E-state index in [1.54, 1.807) is 0 Å². The van der Waals surface area contributed by atoms with E-state index in [0.29, 0.717) is 0 Å². The molecular weight excluding hydrogens is 572 g/mol. The Labute approximate surface area is 219 Å². The van der Waals surface area contributed by atoms with Gasteiger partial charge < -0.3 is 64.7 Å². The summed E-state index contributed by atoms with van der Waals surface area (Å²) in [5, 5.41) is 59.6. The molecule has 10 N–H and O–H groups in total. The molecule has 4 rings (SSSR count). The molecule has 21 heteroatoms. The molecule has 11 atom stereocenters. The number of hydrogen-bond acceptors (Lipinski definition) is 16. The highest BCUT2D eigenvalue weighted by atomic mass is 31.2. The summed E-state index contributed by atoms with van der Waals surface area (Å²) in [6.07, 6.45) is -11.2. The van der Waals surface area contributed by atoms with Gasteiger partial charge in [-0.2, -0.15) is 0 Å². The molecule has 2 fully saturated rings. The highest BCUT2D eigenvalue weighted by molar-refractivity contribution is 7.70. The fourth-order valence-electron chi connectivity index (χ4n) is 4.16. The summed E-state index contributed by atoms with van der Waals surface area (Å²) in [5.41, 5.74) is 6.13. The molecule has 7 unspecified atom stereocenters. The van der Waals surface area contributed by atoms with Crippen LogP contribution in [0.2, 0.25) is 0 Å². The molecule has 2 aliphatic rings. The molecule has 0 aliphatic carbocycles. The van der Waals surface area contributed by atoms with Crippen LogP contribution in [0.15, 0.2) is 12.7 Å². The zero-order valence-electron chi connectivity index (χ0n) is 20.0. The van der Waals surface area contributed by atoms with Gasteiger partial charge in [-0.1, -0.05) is 0 Å². The van der Waals surface area contributed by atoms with Crippen LogP contribution in [0.4, 0.5) is 5.82 Å². The summed E-state index contributed by atoms with van der Waals surface area (Å²) in [5.74, 6) is -1.34. The van der Waals surface area contributed by atoms with Gasteiger partial charge in [-0.3, -0.25) is 13.7 Å². The van der Waals surface area contributed by atoms with Gasteiger partial charge in [-0.25, -0.2) is 15.0 Å². The van der Waals surface area contributed by atoms with Gasteiger partial charge in [0.05, 0.1) is 26.1 Å². The second-order valence-corrected chi connectivity index (χ2v) is 13.2. The van der Waals surface area contributed by atoms with E-state index in [1.807, 2.05) is 0 Å². The van der Waals surface area contributed by atoms with E-state index in [-0.39, 0.29) is 17.0 Å². The van der Waals surface area contributed by atoms with Crippen molar-refractivity contribution in [1.29, 1.82) is 0 Å². The van der Waals surface area contributed by atoms with Crippen molar-refractivity contribution in [2.24, 2.45) is 0 Å². The lowest BCUT2D eigenvalue weighted by molar-refractivity contribution is -0.234. The maximum absolute atomic E-state index is 12.5. The molecule has 0 spiro atoms. The number of ether oxygens (including phenoxy) is 2. The van der Waals surface area contributed by atoms with Crippen molar-refractivity contribution in [2.75, 3.05) is 31.5 Å². The van der Waals surface area contributed by atoms with Crippen molar-refractivity contribution in [1.82, 2.24) is 19.5 Å². The van der Waals surface area contributed by atoms with Crippen LogP contribution in [-0.4, -0.2) is 135 Å². The van der Waals surface area contributed by atoms with Crippen molar-refractivity contribution in [2.45, 2.75) is 55.1 Å². The number of rotatable bonds is 10. The van der Waals surface area contributed by atoms with E-state index < -0.39 is 96.0 Å². The molecule has 2 saturated heterocycles.